The van der Waals surface area contributed by atoms with Crippen LogP contribution in [0.2, 0.25) is 0 Å². The minimum atomic E-state index is 0.843. The SMILES string of the molecule is CCC1CCC(C2CC(CC)CCC2CN)CC1. The molecule has 1 heteroatoms. The zero-order valence-corrected chi connectivity index (χ0v) is 12.5. The molecule has 3 atom stereocenters. The highest BCUT2D eigenvalue weighted by molar-refractivity contribution is 4.87. The first-order valence-electron chi connectivity index (χ1n) is 8.48. The number of hydrogen-bond donors (Lipinski definition) is 1. The Morgan fingerprint density at radius 2 is 1.44 bits per heavy atom. The maximum atomic E-state index is 6.04. The van der Waals surface area contributed by atoms with Crippen molar-refractivity contribution in [2.75, 3.05) is 6.54 Å². The molecule has 0 spiro atoms. The van der Waals surface area contributed by atoms with E-state index in [4.69, 9.17) is 5.73 Å². The summed E-state index contributed by atoms with van der Waals surface area (Å²) in [5.41, 5.74) is 6.04. The van der Waals surface area contributed by atoms with Gasteiger partial charge in [0, 0.05) is 0 Å². The molecule has 18 heavy (non-hydrogen) atoms. The molecule has 0 bridgehead atoms. The molecule has 0 heterocycles. The van der Waals surface area contributed by atoms with E-state index in [2.05, 4.69) is 13.8 Å². The molecule has 3 unspecified atom stereocenters. The summed E-state index contributed by atoms with van der Waals surface area (Å²) in [7, 11) is 0. The lowest BCUT2D eigenvalue weighted by molar-refractivity contribution is 0.0866. The van der Waals surface area contributed by atoms with Crippen molar-refractivity contribution in [2.24, 2.45) is 35.3 Å². The molecule has 0 aromatic carbocycles. The Kier molecular flexibility index (Phi) is 5.54. The second kappa shape index (κ2) is 6.93. The van der Waals surface area contributed by atoms with Crippen molar-refractivity contribution in [1.82, 2.24) is 0 Å². The van der Waals surface area contributed by atoms with Gasteiger partial charge in [-0.3, -0.25) is 0 Å². The fourth-order valence-electron chi connectivity index (χ4n) is 4.62. The Hall–Kier alpha value is -0.0400. The van der Waals surface area contributed by atoms with E-state index in [-0.39, 0.29) is 0 Å². The fourth-order valence-corrected chi connectivity index (χ4v) is 4.62. The van der Waals surface area contributed by atoms with Crippen LogP contribution in [0.15, 0.2) is 0 Å². The van der Waals surface area contributed by atoms with E-state index in [1.807, 2.05) is 0 Å². The molecule has 2 saturated carbocycles. The van der Waals surface area contributed by atoms with Gasteiger partial charge in [-0.1, -0.05) is 46.0 Å². The van der Waals surface area contributed by atoms with Gasteiger partial charge in [0.2, 0.25) is 0 Å². The Bertz CT molecular complexity index is 230. The first-order chi connectivity index (χ1) is 8.78. The van der Waals surface area contributed by atoms with E-state index in [9.17, 15) is 0 Å². The van der Waals surface area contributed by atoms with Crippen LogP contribution in [0, 0.1) is 29.6 Å². The Morgan fingerprint density at radius 1 is 0.833 bits per heavy atom. The third-order valence-electron chi connectivity index (χ3n) is 6.11. The van der Waals surface area contributed by atoms with Gasteiger partial charge in [0.1, 0.15) is 0 Å². The molecule has 2 aliphatic rings. The molecule has 2 fully saturated rings. The average Bonchev–Trinajstić information content (AvgIpc) is 2.46. The molecular formula is C17H33N. The summed E-state index contributed by atoms with van der Waals surface area (Å²) in [5, 5.41) is 0. The van der Waals surface area contributed by atoms with Crippen molar-refractivity contribution >= 4 is 0 Å². The predicted molar refractivity (Wildman–Crippen MR) is 79.4 cm³/mol. The first kappa shape index (κ1) is 14.4. The van der Waals surface area contributed by atoms with Gasteiger partial charge in [0.15, 0.2) is 0 Å². The normalized spacial score (nSPS) is 41.8. The molecule has 0 saturated heterocycles. The highest BCUT2D eigenvalue weighted by Crippen LogP contribution is 2.45. The summed E-state index contributed by atoms with van der Waals surface area (Å²) in [4.78, 5) is 0. The van der Waals surface area contributed by atoms with Crippen molar-refractivity contribution in [3.8, 4) is 0 Å². The third kappa shape index (κ3) is 3.29. The lowest BCUT2D eigenvalue weighted by Crippen LogP contribution is -2.36. The van der Waals surface area contributed by atoms with Gasteiger partial charge in [-0.2, -0.15) is 0 Å². The van der Waals surface area contributed by atoms with Crippen LogP contribution in [0.5, 0.6) is 0 Å². The molecule has 106 valence electrons. The predicted octanol–water partition coefficient (Wildman–Crippen LogP) is 4.60. The number of hydrogen-bond acceptors (Lipinski definition) is 1. The Labute approximate surface area is 114 Å². The van der Waals surface area contributed by atoms with E-state index in [0.29, 0.717) is 0 Å². The lowest BCUT2D eigenvalue weighted by Gasteiger charge is -2.42. The zero-order valence-electron chi connectivity index (χ0n) is 12.5. The molecule has 2 rings (SSSR count). The van der Waals surface area contributed by atoms with E-state index in [0.717, 1.165) is 36.1 Å². The quantitative estimate of drug-likeness (QED) is 0.776. The van der Waals surface area contributed by atoms with E-state index in [1.165, 1.54) is 57.8 Å². The molecule has 2 aliphatic carbocycles. The highest BCUT2D eigenvalue weighted by atomic mass is 14.6. The monoisotopic (exact) mass is 251 g/mol. The van der Waals surface area contributed by atoms with Gasteiger partial charge < -0.3 is 5.73 Å². The van der Waals surface area contributed by atoms with Gasteiger partial charge in [0.05, 0.1) is 0 Å². The standard InChI is InChI=1S/C17H33N/c1-3-13-5-8-15(9-6-13)17-11-14(4-2)7-10-16(17)12-18/h13-17H,3-12,18H2,1-2H3. The van der Waals surface area contributed by atoms with Crippen molar-refractivity contribution in [3.05, 3.63) is 0 Å². The van der Waals surface area contributed by atoms with Crippen LogP contribution in [0.1, 0.15) is 71.6 Å². The van der Waals surface area contributed by atoms with Crippen LogP contribution >= 0.6 is 0 Å². The molecule has 0 aromatic heterocycles. The summed E-state index contributed by atoms with van der Waals surface area (Å²) >= 11 is 0. The highest BCUT2D eigenvalue weighted by Gasteiger charge is 2.35. The minimum Gasteiger partial charge on any atom is -0.330 e. The summed E-state index contributed by atoms with van der Waals surface area (Å²) < 4.78 is 0. The third-order valence-corrected chi connectivity index (χ3v) is 6.11. The molecule has 2 N–H and O–H groups in total. The summed E-state index contributed by atoms with van der Waals surface area (Å²) in [6.45, 7) is 5.68. The largest absolute Gasteiger partial charge is 0.330 e. The lowest BCUT2D eigenvalue weighted by atomic mass is 9.63. The van der Waals surface area contributed by atoms with Gasteiger partial charge in [-0.05, 0) is 61.8 Å². The van der Waals surface area contributed by atoms with Crippen LogP contribution in [-0.2, 0) is 0 Å². The van der Waals surface area contributed by atoms with Crippen molar-refractivity contribution in [3.63, 3.8) is 0 Å². The van der Waals surface area contributed by atoms with Gasteiger partial charge in [-0.15, -0.1) is 0 Å². The maximum absolute atomic E-state index is 6.04. The molecule has 0 radical (unpaired) electrons. The van der Waals surface area contributed by atoms with Crippen molar-refractivity contribution in [2.45, 2.75) is 71.6 Å². The molecule has 1 nitrogen and oxygen atoms in total. The molecule has 0 amide bonds. The molecule has 0 aliphatic heterocycles. The molecular weight excluding hydrogens is 218 g/mol. The Balaban J connectivity index is 1.91. The number of nitrogens with two attached hydrogens (primary N) is 1. The zero-order chi connectivity index (χ0) is 13.0. The van der Waals surface area contributed by atoms with Crippen LogP contribution in [0.4, 0.5) is 0 Å². The average molecular weight is 251 g/mol. The van der Waals surface area contributed by atoms with E-state index >= 15 is 0 Å². The van der Waals surface area contributed by atoms with Crippen LogP contribution in [0.3, 0.4) is 0 Å². The maximum Gasteiger partial charge on any atom is -0.00461 e. The summed E-state index contributed by atoms with van der Waals surface area (Å²) in [5.74, 6) is 4.85. The van der Waals surface area contributed by atoms with Crippen molar-refractivity contribution < 1.29 is 0 Å². The summed E-state index contributed by atoms with van der Waals surface area (Å²) in [6, 6.07) is 0. The van der Waals surface area contributed by atoms with Gasteiger partial charge in [-0.25, -0.2) is 0 Å². The molecule has 0 aromatic rings. The topological polar surface area (TPSA) is 26.0 Å². The van der Waals surface area contributed by atoms with Crippen molar-refractivity contribution in [1.29, 1.82) is 0 Å². The van der Waals surface area contributed by atoms with Crippen LogP contribution in [0.25, 0.3) is 0 Å². The first-order valence-corrected chi connectivity index (χ1v) is 8.48. The van der Waals surface area contributed by atoms with Crippen LogP contribution in [-0.4, -0.2) is 6.54 Å². The number of rotatable bonds is 4. The smallest absolute Gasteiger partial charge is 0.00461 e. The minimum absolute atomic E-state index is 0.843. The summed E-state index contributed by atoms with van der Waals surface area (Å²) in [6.07, 6.45) is 13.1. The van der Waals surface area contributed by atoms with Gasteiger partial charge >= 0.3 is 0 Å². The van der Waals surface area contributed by atoms with E-state index < -0.39 is 0 Å². The second-order valence-electron chi connectivity index (χ2n) is 6.94. The van der Waals surface area contributed by atoms with Crippen LogP contribution < -0.4 is 5.73 Å². The second-order valence-corrected chi connectivity index (χ2v) is 6.94. The van der Waals surface area contributed by atoms with Gasteiger partial charge in [0.25, 0.3) is 0 Å². The fraction of sp³-hybridized carbons (Fsp3) is 1.00. The Morgan fingerprint density at radius 3 is 2.00 bits per heavy atom. The van der Waals surface area contributed by atoms with E-state index in [1.54, 1.807) is 0 Å².